The normalized spacial score (nSPS) is 18.4. The van der Waals surface area contributed by atoms with Crippen molar-refractivity contribution in [3.05, 3.63) is 45.9 Å². The average molecular weight is 398 g/mol. The Balaban J connectivity index is 1.72. The fourth-order valence-electron chi connectivity index (χ4n) is 2.50. The molecule has 1 aromatic carbocycles. The molecule has 1 saturated heterocycles. The molecule has 134 valence electrons. The number of rotatable bonds is 5. The third-order valence-electron chi connectivity index (χ3n) is 3.88. The zero-order chi connectivity index (χ0) is 18.0. The van der Waals surface area contributed by atoms with Crippen molar-refractivity contribution >= 4 is 39.0 Å². The maximum atomic E-state index is 12.9. The zero-order valence-electron chi connectivity index (χ0n) is 13.9. The first kappa shape index (κ1) is 18.4. The Morgan fingerprint density at radius 3 is 2.68 bits per heavy atom. The summed E-state index contributed by atoms with van der Waals surface area (Å²) in [5.74, 6) is 0.447. The van der Waals surface area contributed by atoms with Crippen molar-refractivity contribution in [1.82, 2.24) is 14.6 Å². The van der Waals surface area contributed by atoms with Crippen LogP contribution < -0.4 is 5.32 Å². The highest BCUT2D eigenvalue weighted by Crippen LogP contribution is 2.28. The summed E-state index contributed by atoms with van der Waals surface area (Å²) in [4.78, 5) is 17.0. The first-order valence-corrected chi connectivity index (χ1v) is 11.2. The number of carbonyl (C=O) groups excluding carboxylic acids is 1. The molecule has 3 rings (SSSR count). The molecule has 0 radical (unpaired) electrons. The van der Waals surface area contributed by atoms with Crippen LogP contribution in [-0.4, -0.2) is 41.3 Å². The number of thioether (sulfide) groups is 1. The average Bonchev–Trinajstić information content (AvgIpc) is 3.22. The Bertz CT molecular complexity index is 862. The Morgan fingerprint density at radius 1 is 1.32 bits per heavy atom. The van der Waals surface area contributed by atoms with Gasteiger partial charge in [-0.1, -0.05) is 17.7 Å². The number of carbonyl (C=O) groups is 1. The molecule has 6 nitrogen and oxygen atoms in total. The van der Waals surface area contributed by atoms with E-state index in [-0.39, 0.29) is 16.7 Å². The quantitative estimate of drug-likeness (QED) is 0.836. The summed E-state index contributed by atoms with van der Waals surface area (Å²) >= 11 is 2.96. The van der Waals surface area contributed by atoms with Crippen molar-refractivity contribution in [2.75, 3.05) is 11.6 Å². The smallest absolute Gasteiger partial charge is 0.244 e. The van der Waals surface area contributed by atoms with Gasteiger partial charge in [0.25, 0.3) is 0 Å². The topological polar surface area (TPSA) is 79.4 Å². The van der Waals surface area contributed by atoms with E-state index in [1.165, 1.54) is 27.4 Å². The number of nitrogens with one attached hydrogen (secondary N) is 1. The highest BCUT2D eigenvalue weighted by molar-refractivity contribution is 8.00. The van der Waals surface area contributed by atoms with Crippen LogP contribution in [0.4, 0.5) is 0 Å². The Hall–Kier alpha value is -1.42. The summed E-state index contributed by atoms with van der Waals surface area (Å²) in [5, 5.41) is 5.63. The molecule has 25 heavy (non-hydrogen) atoms. The Kier molecular flexibility index (Phi) is 5.47. The first-order chi connectivity index (χ1) is 11.9. The number of hydrogen-bond acceptors (Lipinski definition) is 6. The molecular formula is C16H19N3O3S3. The van der Waals surface area contributed by atoms with Crippen LogP contribution in [0.3, 0.4) is 0 Å². The maximum Gasteiger partial charge on any atom is 0.244 e. The minimum absolute atomic E-state index is 0.216. The molecule has 0 aliphatic carbocycles. The monoisotopic (exact) mass is 397 g/mol. The van der Waals surface area contributed by atoms with E-state index in [4.69, 9.17) is 0 Å². The molecule has 1 N–H and O–H groups in total. The molecule has 1 fully saturated rings. The number of benzene rings is 1. The lowest BCUT2D eigenvalue weighted by atomic mass is 10.2. The highest BCUT2D eigenvalue weighted by Gasteiger charge is 2.39. The van der Waals surface area contributed by atoms with E-state index in [2.05, 4.69) is 10.3 Å². The second-order valence-electron chi connectivity index (χ2n) is 5.80. The number of amides is 1. The molecule has 2 heterocycles. The summed E-state index contributed by atoms with van der Waals surface area (Å²) in [6.07, 6.45) is 0. The van der Waals surface area contributed by atoms with Gasteiger partial charge in [-0.3, -0.25) is 4.79 Å². The minimum atomic E-state index is -3.69. The van der Waals surface area contributed by atoms with E-state index in [9.17, 15) is 13.2 Å². The molecule has 1 aliphatic heterocycles. The Labute approximate surface area is 155 Å². The summed E-state index contributed by atoms with van der Waals surface area (Å²) in [7, 11) is -3.69. The van der Waals surface area contributed by atoms with Crippen LogP contribution in [0.5, 0.6) is 0 Å². The molecule has 1 aromatic heterocycles. The van der Waals surface area contributed by atoms with Gasteiger partial charge in [0.15, 0.2) is 0 Å². The predicted molar refractivity (Wildman–Crippen MR) is 100 cm³/mol. The summed E-state index contributed by atoms with van der Waals surface area (Å²) in [6, 6.07) is 5.99. The van der Waals surface area contributed by atoms with E-state index in [0.717, 1.165) is 16.3 Å². The second-order valence-corrected chi connectivity index (χ2v) is 9.75. The highest BCUT2D eigenvalue weighted by atomic mass is 32.2. The van der Waals surface area contributed by atoms with Crippen LogP contribution in [0, 0.1) is 13.8 Å². The molecule has 9 heteroatoms. The van der Waals surface area contributed by atoms with Gasteiger partial charge in [0.2, 0.25) is 15.9 Å². The maximum absolute atomic E-state index is 12.9. The molecule has 0 spiro atoms. The molecule has 2 aromatic rings. The van der Waals surface area contributed by atoms with Crippen molar-refractivity contribution in [2.45, 2.75) is 31.3 Å². The number of aryl methyl sites for hydroxylation is 2. The molecule has 1 amide bonds. The van der Waals surface area contributed by atoms with E-state index in [1.54, 1.807) is 24.3 Å². The number of thiazole rings is 1. The van der Waals surface area contributed by atoms with Crippen molar-refractivity contribution in [1.29, 1.82) is 0 Å². The van der Waals surface area contributed by atoms with Crippen LogP contribution in [0.15, 0.2) is 34.5 Å². The molecule has 0 saturated carbocycles. The minimum Gasteiger partial charge on any atom is -0.349 e. The second kappa shape index (κ2) is 7.45. The lowest BCUT2D eigenvalue weighted by Crippen LogP contribution is -2.46. The van der Waals surface area contributed by atoms with Gasteiger partial charge in [0.1, 0.15) is 6.04 Å². The summed E-state index contributed by atoms with van der Waals surface area (Å²) in [5.41, 5.74) is 1.78. The molecular weight excluding hydrogens is 378 g/mol. The van der Waals surface area contributed by atoms with Crippen molar-refractivity contribution in [3.63, 3.8) is 0 Å². The fourth-order valence-corrected chi connectivity index (χ4v) is 6.26. The summed E-state index contributed by atoms with van der Waals surface area (Å²) < 4.78 is 27.0. The van der Waals surface area contributed by atoms with Gasteiger partial charge >= 0.3 is 0 Å². The van der Waals surface area contributed by atoms with Crippen LogP contribution in [0.1, 0.15) is 16.3 Å². The van der Waals surface area contributed by atoms with Gasteiger partial charge in [0.05, 0.1) is 28.0 Å². The predicted octanol–water partition coefficient (Wildman–Crippen LogP) is 2.14. The third-order valence-corrected chi connectivity index (χ3v) is 7.75. The lowest BCUT2D eigenvalue weighted by molar-refractivity contribution is -0.124. The van der Waals surface area contributed by atoms with E-state index < -0.39 is 16.1 Å². The molecule has 1 atom stereocenters. The van der Waals surface area contributed by atoms with Gasteiger partial charge in [0, 0.05) is 11.1 Å². The van der Waals surface area contributed by atoms with Crippen LogP contribution in [0.25, 0.3) is 0 Å². The third kappa shape index (κ3) is 4.05. The zero-order valence-corrected chi connectivity index (χ0v) is 16.4. The van der Waals surface area contributed by atoms with Crippen molar-refractivity contribution < 1.29 is 13.2 Å². The molecule has 0 unspecified atom stereocenters. The lowest BCUT2D eigenvalue weighted by Gasteiger charge is -2.22. The number of hydrogen-bond donors (Lipinski definition) is 1. The van der Waals surface area contributed by atoms with Gasteiger partial charge in [-0.2, -0.15) is 4.31 Å². The molecule has 1 aliphatic rings. The molecule has 0 bridgehead atoms. The number of nitrogens with zero attached hydrogens (tertiary/aromatic N) is 2. The van der Waals surface area contributed by atoms with Crippen LogP contribution in [-0.2, 0) is 21.4 Å². The SMILES string of the molecule is Cc1ccc(S(=O)(=O)N2CSC[C@@H]2C(=O)NCc2csc(C)n2)cc1. The standard InChI is InChI=1S/C16H19N3O3S3/c1-11-3-5-14(6-4-11)25(21,22)19-10-23-9-15(19)16(20)17-7-13-8-24-12(2)18-13/h3-6,8,15H,7,9-10H2,1-2H3,(H,17,20)/t15-/m1/s1. The van der Waals surface area contributed by atoms with Crippen molar-refractivity contribution in [3.8, 4) is 0 Å². The largest absolute Gasteiger partial charge is 0.349 e. The van der Waals surface area contributed by atoms with Gasteiger partial charge in [-0.05, 0) is 26.0 Å². The number of aromatic nitrogens is 1. The van der Waals surface area contributed by atoms with E-state index in [0.29, 0.717) is 12.3 Å². The van der Waals surface area contributed by atoms with Crippen LogP contribution in [0.2, 0.25) is 0 Å². The van der Waals surface area contributed by atoms with Crippen molar-refractivity contribution in [2.24, 2.45) is 0 Å². The van der Waals surface area contributed by atoms with Gasteiger partial charge in [-0.25, -0.2) is 13.4 Å². The van der Waals surface area contributed by atoms with E-state index >= 15 is 0 Å². The van der Waals surface area contributed by atoms with Crippen LogP contribution >= 0.6 is 23.1 Å². The Morgan fingerprint density at radius 2 is 2.04 bits per heavy atom. The van der Waals surface area contributed by atoms with E-state index in [1.807, 2.05) is 19.2 Å². The summed E-state index contributed by atoms with van der Waals surface area (Å²) in [6.45, 7) is 4.11. The first-order valence-electron chi connectivity index (χ1n) is 7.73. The van der Waals surface area contributed by atoms with Gasteiger partial charge < -0.3 is 5.32 Å². The van der Waals surface area contributed by atoms with Gasteiger partial charge in [-0.15, -0.1) is 23.1 Å². The fraction of sp³-hybridized carbons (Fsp3) is 0.375. The number of sulfonamides is 1.